The number of hydrogen-bond acceptors (Lipinski definition) is 2. The summed E-state index contributed by atoms with van der Waals surface area (Å²) in [5, 5.41) is 9.08. The van der Waals surface area contributed by atoms with Crippen LogP contribution in [0.15, 0.2) is 40.9 Å². The van der Waals surface area contributed by atoms with Crippen molar-refractivity contribution in [3.8, 4) is 5.75 Å². The molecule has 0 radical (unpaired) electrons. The van der Waals surface area contributed by atoms with Crippen molar-refractivity contribution in [1.29, 1.82) is 0 Å². The number of ether oxygens (including phenoxy) is 1. The molecule has 5 heteroatoms. The highest BCUT2D eigenvalue weighted by molar-refractivity contribution is 9.10. The Balaban J connectivity index is 2.07. The second-order valence-electron chi connectivity index (χ2n) is 3.96. The van der Waals surface area contributed by atoms with E-state index in [1.807, 2.05) is 0 Å². The molecule has 2 nitrogen and oxygen atoms in total. The van der Waals surface area contributed by atoms with E-state index < -0.39 is 5.82 Å². The van der Waals surface area contributed by atoms with Crippen LogP contribution in [-0.4, -0.2) is 5.11 Å². The smallest absolute Gasteiger partial charge is 0.141 e. The van der Waals surface area contributed by atoms with Gasteiger partial charge >= 0.3 is 0 Å². The van der Waals surface area contributed by atoms with Gasteiger partial charge in [-0.2, -0.15) is 0 Å². The molecule has 0 heterocycles. The standard InChI is InChI=1S/C14H11BrClFO2/c15-11-5-9(7-18)2-4-14(11)19-8-10-1-3-13(17)12(16)6-10/h1-6,18H,7-8H2. The number of halogens is 3. The van der Waals surface area contributed by atoms with Gasteiger partial charge in [-0.3, -0.25) is 0 Å². The average Bonchev–Trinajstić information content (AvgIpc) is 2.41. The van der Waals surface area contributed by atoms with Gasteiger partial charge in [0.25, 0.3) is 0 Å². The molecule has 2 rings (SSSR count). The number of aliphatic hydroxyl groups is 1. The van der Waals surface area contributed by atoms with Crippen LogP contribution in [0.3, 0.4) is 0 Å². The summed E-state index contributed by atoms with van der Waals surface area (Å²) in [7, 11) is 0. The van der Waals surface area contributed by atoms with Crippen molar-refractivity contribution in [3.63, 3.8) is 0 Å². The topological polar surface area (TPSA) is 29.5 Å². The molecule has 2 aromatic rings. The monoisotopic (exact) mass is 344 g/mol. The minimum Gasteiger partial charge on any atom is -0.488 e. The number of aliphatic hydroxyl groups excluding tert-OH is 1. The summed E-state index contributed by atoms with van der Waals surface area (Å²) < 4.78 is 19.4. The molecule has 0 fully saturated rings. The molecule has 100 valence electrons. The third kappa shape index (κ3) is 3.69. The Bertz CT molecular complexity index is 590. The van der Waals surface area contributed by atoms with Gasteiger partial charge in [-0.15, -0.1) is 0 Å². The third-order valence-electron chi connectivity index (χ3n) is 2.56. The molecule has 0 bridgehead atoms. The van der Waals surface area contributed by atoms with E-state index in [0.29, 0.717) is 5.75 Å². The molecule has 0 aromatic heterocycles. The van der Waals surface area contributed by atoms with Crippen LogP contribution in [0.1, 0.15) is 11.1 Å². The summed E-state index contributed by atoms with van der Waals surface area (Å²) in [4.78, 5) is 0. The van der Waals surface area contributed by atoms with Gasteiger partial charge in [-0.05, 0) is 51.3 Å². The molecule has 19 heavy (non-hydrogen) atoms. The first kappa shape index (κ1) is 14.3. The fraction of sp³-hybridized carbons (Fsp3) is 0.143. The SMILES string of the molecule is OCc1ccc(OCc2ccc(F)c(Cl)c2)c(Br)c1. The van der Waals surface area contributed by atoms with E-state index in [0.717, 1.165) is 15.6 Å². The summed E-state index contributed by atoms with van der Waals surface area (Å²) in [6.07, 6.45) is 0. The van der Waals surface area contributed by atoms with E-state index in [1.165, 1.54) is 12.1 Å². The van der Waals surface area contributed by atoms with Gasteiger partial charge in [0.05, 0.1) is 16.1 Å². The first-order valence-electron chi connectivity index (χ1n) is 5.56. The van der Waals surface area contributed by atoms with Crippen molar-refractivity contribution in [3.05, 3.63) is 62.8 Å². The molecule has 0 saturated heterocycles. The maximum absolute atomic E-state index is 13.0. The molecule has 0 aliphatic carbocycles. The zero-order valence-corrected chi connectivity index (χ0v) is 12.2. The molecule has 0 spiro atoms. The van der Waals surface area contributed by atoms with Crippen molar-refractivity contribution < 1.29 is 14.2 Å². The van der Waals surface area contributed by atoms with Crippen molar-refractivity contribution in [2.24, 2.45) is 0 Å². The quantitative estimate of drug-likeness (QED) is 0.894. The van der Waals surface area contributed by atoms with Crippen LogP contribution in [-0.2, 0) is 13.2 Å². The highest BCUT2D eigenvalue weighted by Gasteiger charge is 2.05. The van der Waals surface area contributed by atoms with E-state index in [-0.39, 0.29) is 18.2 Å². The molecular weight excluding hydrogens is 335 g/mol. The van der Waals surface area contributed by atoms with Gasteiger partial charge in [0.2, 0.25) is 0 Å². The fourth-order valence-corrected chi connectivity index (χ4v) is 2.29. The molecule has 0 amide bonds. The van der Waals surface area contributed by atoms with Crippen LogP contribution in [0, 0.1) is 5.82 Å². The second kappa shape index (κ2) is 6.37. The Kier molecular flexibility index (Phi) is 4.80. The van der Waals surface area contributed by atoms with E-state index in [4.69, 9.17) is 21.4 Å². The van der Waals surface area contributed by atoms with Gasteiger partial charge in [0.1, 0.15) is 18.2 Å². The van der Waals surface area contributed by atoms with E-state index >= 15 is 0 Å². The number of benzene rings is 2. The van der Waals surface area contributed by atoms with Crippen LogP contribution in [0.2, 0.25) is 5.02 Å². The van der Waals surface area contributed by atoms with Gasteiger partial charge in [-0.1, -0.05) is 23.7 Å². The molecule has 2 aromatic carbocycles. The number of rotatable bonds is 4. The lowest BCUT2D eigenvalue weighted by molar-refractivity contribution is 0.280. The van der Waals surface area contributed by atoms with E-state index in [1.54, 1.807) is 24.3 Å². The van der Waals surface area contributed by atoms with Crippen LogP contribution in [0.4, 0.5) is 4.39 Å². The zero-order valence-electron chi connectivity index (χ0n) is 9.87. The Morgan fingerprint density at radius 2 is 1.89 bits per heavy atom. The lowest BCUT2D eigenvalue weighted by Gasteiger charge is -2.09. The normalized spacial score (nSPS) is 10.5. The van der Waals surface area contributed by atoms with Crippen molar-refractivity contribution in [1.82, 2.24) is 0 Å². The van der Waals surface area contributed by atoms with Crippen LogP contribution < -0.4 is 4.74 Å². The lowest BCUT2D eigenvalue weighted by Crippen LogP contribution is -1.97. The van der Waals surface area contributed by atoms with Gasteiger partial charge in [0.15, 0.2) is 0 Å². The van der Waals surface area contributed by atoms with Crippen LogP contribution >= 0.6 is 27.5 Å². The summed E-state index contributed by atoms with van der Waals surface area (Å²) >= 11 is 9.06. The Morgan fingerprint density at radius 3 is 2.53 bits per heavy atom. The molecular formula is C14H11BrClFO2. The highest BCUT2D eigenvalue weighted by atomic mass is 79.9. The van der Waals surface area contributed by atoms with Gasteiger partial charge in [0, 0.05) is 0 Å². The van der Waals surface area contributed by atoms with Crippen LogP contribution in [0.25, 0.3) is 0 Å². The zero-order chi connectivity index (χ0) is 13.8. The molecule has 1 N–H and O–H groups in total. The number of hydrogen-bond donors (Lipinski definition) is 1. The Morgan fingerprint density at radius 1 is 1.16 bits per heavy atom. The first-order chi connectivity index (χ1) is 9.10. The van der Waals surface area contributed by atoms with Gasteiger partial charge < -0.3 is 9.84 Å². The minimum absolute atomic E-state index is 0.0214. The Labute approximate surface area is 123 Å². The maximum Gasteiger partial charge on any atom is 0.141 e. The van der Waals surface area contributed by atoms with E-state index in [2.05, 4.69) is 15.9 Å². The largest absolute Gasteiger partial charge is 0.488 e. The summed E-state index contributed by atoms with van der Waals surface area (Å²) in [5.41, 5.74) is 1.58. The molecule has 0 aliphatic rings. The summed E-state index contributed by atoms with van der Waals surface area (Å²) in [6, 6.07) is 9.79. The molecule has 0 aliphatic heterocycles. The van der Waals surface area contributed by atoms with Crippen LogP contribution in [0.5, 0.6) is 5.75 Å². The van der Waals surface area contributed by atoms with Crippen molar-refractivity contribution in [2.45, 2.75) is 13.2 Å². The molecule has 0 saturated carbocycles. The summed E-state index contributed by atoms with van der Waals surface area (Å²) in [6.45, 7) is 0.267. The third-order valence-corrected chi connectivity index (χ3v) is 3.47. The fourth-order valence-electron chi connectivity index (χ4n) is 1.55. The first-order valence-corrected chi connectivity index (χ1v) is 6.73. The molecule has 0 unspecified atom stereocenters. The lowest BCUT2D eigenvalue weighted by atomic mass is 10.2. The van der Waals surface area contributed by atoms with Crippen molar-refractivity contribution >= 4 is 27.5 Å². The predicted molar refractivity (Wildman–Crippen MR) is 75.8 cm³/mol. The summed E-state index contributed by atoms with van der Waals surface area (Å²) in [5.74, 6) is 0.205. The van der Waals surface area contributed by atoms with Crippen molar-refractivity contribution in [2.75, 3.05) is 0 Å². The average molecular weight is 346 g/mol. The molecule has 0 atom stereocenters. The highest BCUT2D eigenvalue weighted by Crippen LogP contribution is 2.27. The minimum atomic E-state index is -0.445. The van der Waals surface area contributed by atoms with E-state index in [9.17, 15) is 4.39 Å². The second-order valence-corrected chi connectivity index (χ2v) is 5.22. The maximum atomic E-state index is 13.0. The predicted octanol–water partition coefficient (Wildman–Crippen LogP) is 4.31. The van der Waals surface area contributed by atoms with Gasteiger partial charge in [-0.25, -0.2) is 4.39 Å². The Hall–Kier alpha value is -1.10.